The summed E-state index contributed by atoms with van der Waals surface area (Å²) in [7, 11) is 0. The molecule has 0 spiro atoms. The molecule has 1 aliphatic carbocycles. The molecule has 0 radical (unpaired) electrons. The van der Waals surface area contributed by atoms with Crippen LogP contribution in [0.1, 0.15) is 19.3 Å². The highest BCUT2D eigenvalue weighted by Gasteiger charge is 2.33. The first-order valence-corrected chi connectivity index (χ1v) is 9.19. The van der Waals surface area contributed by atoms with E-state index in [0.29, 0.717) is 26.3 Å². The van der Waals surface area contributed by atoms with Crippen LogP contribution in [0.15, 0.2) is 30.3 Å². The average Bonchev–Trinajstić information content (AvgIpc) is 2.64. The molecule has 0 bridgehead atoms. The molecule has 1 aliphatic heterocycles. The van der Waals surface area contributed by atoms with Gasteiger partial charge in [0.05, 0.1) is 25.9 Å². The molecule has 25 heavy (non-hydrogen) atoms. The van der Waals surface area contributed by atoms with Gasteiger partial charge >= 0.3 is 0 Å². The summed E-state index contributed by atoms with van der Waals surface area (Å²) in [6, 6.07) is 9.60. The zero-order valence-electron chi connectivity index (χ0n) is 14.6. The Morgan fingerprint density at radius 3 is 2.76 bits per heavy atom. The summed E-state index contributed by atoms with van der Waals surface area (Å²) in [6.07, 6.45) is 1.98. The molecule has 3 atom stereocenters. The number of benzene rings is 1. The first kappa shape index (κ1) is 18.2. The molecular formula is C19H28N2O4. The minimum absolute atomic E-state index is 0.0141. The molecule has 6 nitrogen and oxygen atoms in total. The monoisotopic (exact) mass is 348 g/mol. The Kier molecular flexibility index (Phi) is 6.67. The highest BCUT2D eigenvalue weighted by molar-refractivity contribution is 5.78. The van der Waals surface area contributed by atoms with Gasteiger partial charge in [0.15, 0.2) is 0 Å². The molecule has 138 valence electrons. The van der Waals surface area contributed by atoms with Crippen molar-refractivity contribution >= 4 is 5.91 Å². The number of carbonyl (C=O) groups excluding carboxylic acids is 1. The number of hydrogen-bond acceptors (Lipinski definition) is 5. The number of para-hydroxylation sites is 1. The maximum absolute atomic E-state index is 12.1. The Balaban J connectivity index is 1.44. The van der Waals surface area contributed by atoms with E-state index in [4.69, 9.17) is 9.47 Å². The molecule has 0 aromatic heterocycles. The van der Waals surface area contributed by atoms with E-state index in [1.54, 1.807) is 0 Å². The SMILES string of the molecule is O=C(CN1CCOCC1)NC[C@H]1CCC[C@@H](Oc2ccccc2)[C@@H]1O. The van der Waals surface area contributed by atoms with Crippen molar-refractivity contribution < 1.29 is 19.4 Å². The standard InChI is InChI=1S/C19H28N2O4/c22-18(14-21-9-11-24-12-10-21)20-13-15-5-4-8-17(19(15)23)25-16-6-2-1-3-7-16/h1-3,6-7,15,17,19,23H,4-5,8-14H2,(H,20,22)/t15-,17-,19-/m1/s1. The van der Waals surface area contributed by atoms with Gasteiger partial charge in [-0.1, -0.05) is 18.2 Å². The van der Waals surface area contributed by atoms with Gasteiger partial charge in [-0.05, 0) is 31.4 Å². The molecule has 1 aromatic rings. The van der Waals surface area contributed by atoms with Gasteiger partial charge in [0.25, 0.3) is 0 Å². The largest absolute Gasteiger partial charge is 0.488 e. The number of nitrogens with zero attached hydrogens (tertiary/aromatic N) is 1. The number of morpholine rings is 1. The lowest BCUT2D eigenvalue weighted by Crippen LogP contribution is -2.48. The van der Waals surface area contributed by atoms with Gasteiger partial charge in [0.1, 0.15) is 11.9 Å². The number of aliphatic hydroxyl groups excluding tert-OH is 1. The lowest BCUT2D eigenvalue weighted by Gasteiger charge is -2.35. The van der Waals surface area contributed by atoms with Crippen molar-refractivity contribution in [3.63, 3.8) is 0 Å². The zero-order chi connectivity index (χ0) is 17.5. The molecule has 6 heteroatoms. The van der Waals surface area contributed by atoms with E-state index in [0.717, 1.165) is 38.1 Å². The van der Waals surface area contributed by atoms with Crippen LogP contribution >= 0.6 is 0 Å². The van der Waals surface area contributed by atoms with Crippen molar-refractivity contribution in [2.75, 3.05) is 39.4 Å². The molecule has 2 N–H and O–H groups in total. The van der Waals surface area contributed by atoms with Crippen molar-refractivity contribution in [3.8, 4) is 5.75 Å². The average molecular weight is 348 g/mol. The maximum Gasteiger partial charge on any atom is 0.234 e. The number of aliphatic hydroxyl groups is 1. The summed E-state index contributed by atoms with van der Waals surface area (Å²) in [6.45, 7) is 3.87. The van der Waals surface area contributed by atoms with Gasteiger partial charge in [-0.15, -0.1) is 0 Å². The van der Waals surface area contributed by atoms with E-state index in [2.05, 4.69) is 10.2 Å². The second-order valence-corrected chi connectivity index (χ2v) is 6.84. The third kappa shape index (κ3) is 5.42. The van der Waals surface area contributed by atoms with Crippen LogP contribution in [0.3, 0.4) is 0 Å². The predicted octanol–water partition coefficient (Wildman–Crippen LogP) is 1.04. The van der Waals surface area contributed by atoms with Crippen molar-refractivity contribution in [2.45, 2.75) is 31.5 Å². The summed E-state index contributed by atoms with van der Waals surface area (Å²) >= 11 is 0. The van der Waals surface area contributed by atoms with Crippen LogP contribution in [-0.2, 0) is 9.53 Å². The molecule has 1 aromatic carbocycles. The minimum atomic E-state index is -0.558. The Morgan fingerprint density at radius 2 is 2.00 bits per heavy atom. The van der Waals surface area contributed by atoms with Gasteiger partial charge in [-0.3, -0.25) is 9.69 Å². The zero-order valence-corrected chi connectivity index (χ0v) is 14.6. The highest BCUT2D eigenvalue weighted by atomic mass is 16.5. The fourth-order valence-corrected chi connectivity index (χ4v) is 3.51. The van der Waals surface area contributed by atoms with E-state index in [9.17, 15) is 9.90 Å². The van der Waals surface area contributed by atoms with Gasteiger partial charge in [0.2, 0.25) is 5.91 Å². The van der Waals surface area contributed by atoms with Crippen LogP contribution in [0.4, 0.5) is 0 Å². The lowest BCUT2D eigenvalue weighted by molar-refractivity contribution is -0.124. The molecular weight excluding hydrogens is 320 g/mol. The molecule has 2 aliphatic rings. The van der Waals surface area contributed by atoms with Crippen molar-refractivity contribution in [3.05, 3.63) is 30.3 Å². The third-order valence-corrected chi connectivity index (χ3v) is 4.99. The van der Waals surface area contributed by atoms with E-state index < -0.39 is 6.10 Å². The summed E-state index contributed by atoms with van der Waals surface area (Å²) in [5.74, 6) is 0.833. The highest BCUT2D eigenvalue weighted by Crippen LogP contribution is 2.28. The number of amides is 1. The first-order chi connectivity index (χ1) is 12.2. The Hall–Kier alpha value is -1.63. The van der Waals surface area contributed by atoms with Gasteiger partial charge in [0, 0.05) is 25.6 Å². The van der Waals surface area contributed by atoms with Crippen LogP contribution in [-0.4, -0.2) is 67.5 Å². The molecule has 2 fully saturated rings. The normalized spacial score (nSPS) is 27.6. The first-order valence-electron chi connectivity index (χ1n) is 9.19. The number of ether oxygens (including phenoxy) is 2. The van der Waals surface area contributed by atoms with Gasteiger partial charge in [-0.25, -0.2) is 0 Å². The Bertz CT molecular complexity index is 533. The number of nitrogens with one attached hydrogen (secondary N) is 1. The second kappa shape index (κ2) is 9.17. The molecule has 1 saturated heterocycles. The topological polar surface area (TPSA) is 71.0 Å². The smallest absolute Gasteiger partial charge is 0.234 e. The molecule has 1 heterocycles. The lowest BCUT2D eigenvalue weighted by atomic mass is 9.84. The second-order valence-electron chi connectivity index (χ2n) is 6.84. The third-order valence-electron chi connectivity index (χ3n) is 4.99. The van der Waals surface area contributed by atoms with Crippen LogP contribution in [0, 0.1) is 5.92 Å². The van der Waals surface area contributed by atoms with E-state index in [1.165, 1.54) is 0 Å². The van der Waals surface area contributed by atoms with Crippen LogP contribution < -0.4 is 10.1 Å². The molecule has 1 saturated carbocycles. The summed E-state index contributed by atoms with van der Waals surface area (Å²) < 4.78 is 11.2. The Morgan fingerprint density at radius 1 is 1.24 bits per heavy atom. The predicted molar refractivity (Wildman–Crippen MR) is 94.5 cm³/mol. The fourth-order valence-electron chi connectivity index (χ4n) is 3.51. The van der Waals surface area contributed by atoms with Gasteiger partial charge < -0.3 is 19.9 Å². The van der Waals surface area contributed by atoms with E-state index in [-0.39, 0.29) is 17.9 Å². The molecule has 3 rings (SSSR count). The fraction of sp³-hybridized carbons (Fsp3) is 0.632. The number of hydrogen-bond donors (Lipinski definition) is 2. The van der Waals surface area contributed by atoms with Crippen molar-refractivity contribution in [2.24, 2.45) is 5.92 Å². The van der Waals surface area contributed by atoms with Crippen LogP contribution in [0.25, 0.3) is 0 Å². The molecule has 1 amide bonds. The minimum Gasteiger partial charge on any atom is -0.488 e. The van der Waals surface area contributed by atoms with Crippen molar-refractivity contribution in [1.82, 2.24) is 10.2 Å². The van der Waals surface area contributed by atoms with Gasteiger partial charge in [-0.2, -0.15) is 0 Å². The Labute approximate surface area is 149 Å². The van der Waals surface area contributed by atoms with Crippen LogP contribution in [0.2, 0.25) is 0 Å². The number of carbonyl (C=O) groups is 1. The van der Waals surface area contributed by atoms with E-state index in [1.807, 2.05) is 30.3 Å². The summed E-state index contributed by atoms with van der Waals surface area (Å²) in [5.41, 5.74) is 0. The van der Waals surface area contributed by atoms with Crippen LogP contribution in [0.5, 0.6) is 5.75 Å². The number of rotatable bonds is 6. The van der Waals surface area contributed by atoms with Crippen molar-refractivity contribution in [1.29, 1.82) is 0 Å². The molecule has 0 unspecified atom stereocenters. The summed E-state index contributed by atoms with van der Waals surface area (Å²) in [5, 5.41) is 13.6. The maximum atomic E-state index is 12.1. The summed E-state index contributed by atoms with van der Waals surface area (Å²) in [4.78, 5) is 14.2. The van der Waals surface area contributed by atoms with E-state index >= 15 is 0 Å². The quantitative estimate of drug-likeness (QED) is 0.804.